The molecule has 0 aliphatic rings. The van der Waals surface area contributed by atoms with E-state index in [4.69, 9.17) is 16.9 Å². The number of rotatable bonds is 2. The van der Waals surface area contributed by atoms with Crippen LogP contribution in [0.25, 0.3) is 0 Å². The highest BCUT2D eigenvalue weighted by atomic mass is 127. The molecule has 1 rings (SSSR count). The molecule has 0 bridgehead atoms. The second-order valence-electron chi connectivity index (χ2n) is 2.42. The van der Waals surface area contributed by atoms with Gasteiger partial charge in [-0.15, -0.1) is 0 Å². The van der Waals surface area contributed by atoms with Gasteiger partial charge in [-0.3, -0.25) is 9.59 Å². The van der Waals surface area contributed by atoms with E-state index in [-0.39, 0.29) is 16.7 Å². The van der Waals surface area contributed by atoms with Gasteiger partial charge in [0, 0.05) is 14.7 Å². The van der Waals surface area contributed by atoms with Crippen molar-refractivity contribution >= 4 is 45.7 Å². The maximum atomic E-state index is 10.9. The Morgan fingerprint density at radius 1 is 1.57 bits per heavy atom. The van der Waals surface area contributed by atoms with E-state index < -0.39 is 5.24 Å². The molecule has 0 aromatic heterocycles. The highest BCUT2D eigenvalue weighted by Crippen LogP contribution is 2.19. The largest absolute Gasteiger partial charge is 0.298 e. The van der Waals surface area contributed by atoms with Crippen LogP contribution in [0.3, 0.4) is 0 Å². The molecule has 1 aromatic rings. The Labute approximate surface area is 98.8 Å². The first-order valence-electron chi connectivity index (χ1n) is 3.48. The minimum Gasteiger partial charge on any atom is -0.298 e. The van der Waals surface area contributed by atoms with Gasteiger partial charge in [-0.05, 0) is 46.3 Å². The van der Waals surface area contributed by atoms with Crippen molar-refractivity contribution in [2.75, 3.05) is 0 Å². The molecule has 0 radical (unpaired) electrons. The topological polar surface area (TPSA) is 57.9 Å². The molecule has 0 saturated carbocycles. The van der Waals surface area contributed by atoms with E-state index in [2.05, 4.69) is 0 Å². The summed E-state index contributed by atoms with van der Waals surface area (Å²) in [5.74, 6) is 0. The molecule has 0 aliphatic carbocycles. The van der Waals surface area contributed by atoms with Crippen molar-refractivity contribution in [3.8, 4) is 6.07 Å². The Morgan fingerprint density at radius 2 is 2.21 bits per heavy atom. The molecule has 0 N–H and O–H groups in total. The molecule has 0 amide bonds. The third kappa shape index (κ3) is 2.11. The summed E-state index contributed by atoms with van der Waals surface area (Å²) in [6.07, 6.45) is 0.573. The van der Waals surface area contributed by atoms with Gasteiger partial charge in [-0.2, -0.15) is 5.26 Å². The Hall–Kier alpha value is -0.930. The van der Waals surface area contributed by atoms with Crippen LogP contribution in [0, 0.1) is 14.9 Å². The van der Waals surface area contributed by atoms with Gasteiger partial charge >= 0.3 is 0 Å². The van der Waals surface area contributed by atoms with Gasteiger partial charge in [-0.1, -0.05) is 0 Å². The van der Waals surface area contributed by atoms with Gasteiger partial charge in [0.25, 0.3) is 5.24 Å². The van der Waals surface area contributed by atoms with Gasteiger partial charge in [0.1, 0.15) is 0 Å². The fraction of sp³-hybridized carbons (Fsp3) is 0. The Morgan fingerprint density at radius 3 is 2.64 bits per heavy atom. The number of carbonyl (C=O) groups excluding carboxylic acids is 2. The van der Waals surface area contributed by atoms with E-state index in [0.717, 1.165) is 0 Å². The lowest BCUT2D eigenvalue weighted by Crippen LogP contribution is -1.98. The summed E-state index contributed by atoms with van der Waals surface area (Å²) >= 11 is 7.18. The predicted molar refractivity (Wildman–Crippen MR) is 59.4 cm³/mol. The average Bonchev–Trinajstić information content (AvgIpc) is 2.16. The van der Waals surface area contributed by atoms with Crippen molar-refractivity contribution in [2.45, 2.75) is 0 Å². The van der Waals surface area contributed by atoms with Crippen LogP contribution in [0.2, 0.25) is 0 Å². The third-order valence-corrected chi connectivity index (χ3v) is 2.69. The summed E-state index contributed by atoms with van der Waals surface area (Å²) in [5, 5.41) is 8.05. The smallest absolute Gasteiger partial charge is 0.253 e. The van der Waals surface area contributed by atoms with Gasteiger partial charge in [0.05, 0.1) is 11.6 Å². The molecule has 14 heavy (non-hydrogen) atoms. The quantitative estimate of drug-likeness (QED) is 0.478. The Kier molecular flexibility index (Phi) is 3.61. The van der Waals surface area contributed by atoms with Crippen molar-refractivity contribution in [3.63, 3.8) is 0 Å². The maximum absolute atomic E-state index is 10.9. The molecule has 0 atom stereocenters. The van der Waals surface area contributed by atoms with E-state index in [1.54, 1.807) is 0 Å². The van der Waals surface area contributed by atoms with Crippen LogP contribution in [0.4, 0.5) is 0 Å². The molecular weight excluding hydrogens is 316 g/mol. The molecule has 0 saturated heterocycles. The summed E-state index contributed by atoms with van der Waals surface area (Å²) in [4.78, 5) is 21.4. The third-order valence-electron chi connectivity index (χ3n) is 1.60. The number of aldehydes is 1. The number of nitrogens with zero attached hydrogens (tertiary/aromatic N) is 1. The fourth-order valence-electron chi connectivity index (χ4n) is 0.934. The summed E-state index contributed by atoms with van der Waals surface area (Å²) in [6, 6.07) is 4.60. The van der Waals surface area contributed by atoms with Gasteiger partial charge < -0.3 is 0 Å². The summed E-state index contributed by atoms with van der Waals surface area (Å²) in [7, 11) is 0. The highest BCUT2D eigenvalue weighted by Gasteiger charge is 2.11. The first-order chi connectivity index (χ1) is 6.60. The number of hydrogen-bond acceptors (Lipinski definition) is 3. The van der Waals surface area contributed by atoms with E-state index in [0.29, 0.717) is 9.86 Å². The molecule has 1 aromatic carbocycles. The standard InChI is InChI=1S/C9H3ClINO2/c10-9(14)7-1-5(3-12)6(4-13)2-8(7)11/h1-2,4H. The Bertz CT molecular complexity index is 451. The molecule has 70 valence electrons. The molecule has 5 heteroatoms. The zero-order valence-corrected chi connectivity index (χ0v) is 9.67. The van der Waals surface area contributed by atoms with Crippen LogP contribution in [-0.4, -0.2) is 11.5 Å². The number of nitriles is 1. The number of halogens is 2. The molecular formula is C9H3ClINO2. The molecule has 3 nitrogen and oxygen atoms in total. The van der Waals surface area contributed by atoms with Crippen molar-refractivity contribution in [1.29, 1.82) is 5.26 Å². The first kappa shape index (κ1) is 11.1. The number of benzene rings is 1. The summed E-state index contributed by atoms with van der Waals surface area (Å²) in [6.45, 7) is 0. The van der Waals surface area contributed by atoms with Crippen molar-refractivity contribution in [3.05, 3.63) is 32.4 Å². The maximum Gasteiger partial charge on any atom is 0.253 e. The van der Waals surface area contributed by atoms with Crippen LogP contribution in [0.15, 0.2) is 12.1 Å². The van der Waals surface area contributed by atoms with Crippen molar-refractivity contribution < 1.29 is 9.59 Å². The lowest BCUT2D eigenvalue weighted by Gasteiger charge is -2.01. The minimum atomic E-state index is -0.636. The van der Waals surface area contributed by atoms with Crippen LogP contribution in [-0.2, 0) is 0 Å². The van der Waals surface area contributed by atoms with Gasteiger partial charge in [0.15, 0.2) is 6.29 Å². The molecule has 0 aliphatic heterocycles. The minimum absolute atomic E-state index is 0.157. The van der Waals surface area contributed by atoms with E-state index >= 15 is 0 Å². The average molecular weight is 319 g/mol. The van der Waals surface area contributed by atoms with E-state index in [1.807, 2.05) is 28.7 Å². The van der Waals surface area contributed by atoms with Crippen LogP contribution < -0.4 is 0 Å². The molecule has 0 heterocycles. The number of hydrogen-bond donors (Lipinski definition) is 0. The lowest BCUT2D eigenvalue weighted by molar-refractivity contribution is 0.107. The molecule has 0 unspecified atom stereocenters. The first-order valence-corrected chi connectivity index (χ1v) is 4.94. The monoisotopic (exact) mass is 319 g/mol. The Balaban J connectivity index is 3.47. The SMILES string of the molecule is N#Cc1cc(C(=O)Cl)c(I)cc1C=O. The lowest BCUT2D eigenvalue weighted by atomic mass is 10.1. The molecule has 0 spiro atoms. The zero-order valence-electron chi connectivity index (χ0n) is 6.75. The van der Waals surface area contributed by atoms with Crippen molar-refractivity contribution in [2.24, 2.45) is 0 Å². The zero-order chi connectivity index (χ0) is 10.7. The second kappa shape index (κ2) is 4.53. The fourth-order valence-corrected chi connectivity index (χ4v) is 1.99. The number of carbonyl (C=O) groups is 2. The summed E-state index contributed by atoms with van der Waals surface area (Å²) in [5.41, 5.74) is 0.664. The van der Waals surface area contributed by atoms with Crippen LogP contribution >= 0.6 is 34.2 Å². The molecule has 0 fully saturated rings. The highest BCUT2D eigenvalue weighted by molar-refractivity contribution is 14.1. The van der Waals surface area contributed by atoms with Gasteiger partial charge in [-0.25, -0.2) is 0 Å². The normalized spacial score (nSPS) is 9.21. The predicted octanol–water partition coefficient (Wildman–Crippen LogP) is 2.35. The van der Waals surface area contributed by atoms with E-state index in [9.17, 15) is 9.59 Å². The van der Waals surface area contributed by atoms with E-state index in [1.165, 1.54) is 12.1 Å². The second-order valence-corrected chi connectivity index (χ2v) is 3.93. The van der Waals surface area contributed by atoms with Crippen LogP contribution in [0.5, 0.6) is 0 Å². The van der Waals surface area contributed by atoms with Gasteiger partial charge in [0.2, 0.25) is 0 Å². The van der Waals surface area contributed by atoms with Crippen molar-refractivity contribution in [1.82, 2.24) is 0 Å². The summed E-state index contributed by atoms with van der Waals surface area (Å²) < 4.78 is 0.559. The van der Waals surface area contributed by atoms with Crippen LogP contribution in [0.1, 0.15) is 26.3 Å².